The van der Waals surface area contributed by atoms with Gasteiger partial charge in [-0.2, -0.15) is 0 Å². The number of methoxy groups -OCH3 is 1. The molecule has 0 aliphatic carbocycles. The maximum atomic E-state index is 13.0. The summed E-state index contributed by atoms with van der Waals surface area (Å²) in [4.78, 5) is 46.2. The van der Waals surface area contributed by atoms with Crippen molar-refractivity contribution in [2.45, 2.75) is 19.1 Å². The standard InChI is InChI=1S/C22H21N3O5/c1-29-11-10-25(13-19-23-17-9-5-4-8-16(17)21(27)24-19)20(26)12-18-14-6-2-3-7-15(14)22(28)30-18/h2-9,18H,10-13H2,1H3,(H,23,24,27)/t18-/m0/s1. The number of carbonyl (C=O) groups excluding carboxylic acids is 2. The van der Waals surface area contributed by atoms with Crippen molar-refractivity contribution in [2.75, 3.05) is 20.3 Å². The molecule has 0 saturated carbocycles. The van der Waals surface area contributed by atoms with Gasteiger partial charge in [-0.3, -0.25) is 9.59 Å². The molecule has 0 radical (unpaired) electrons. The van der Waals surface area contributed by atoms with Crippen molar-refractivity contribution in [1.82, 2.24) is 14.9 Å². The summed E-state index contributed by atoms with van der Waals surface area (Å²) in [5.74, 6) is -0.267. The molecular formula is C22H21N3O5. The summed E-state index contributed by atoms with van der Waals surface area (Å²) >= 11 is 0. The minimum absolute atomic E-state index is 0.00425. The van der Waals surface area contributed by atoms with Gasteiger partial charge in [0.15, 0.2) is 0 Å². The number of hydrogen-bond donors (Lipinski definition) is 1. The van der Waals surface area contributed by atoms with Gasteiger partial charge in [-0.25, -0.2) is 9.78 Å². The molecule has 154 valence electrons. The lowest BCUT2D eigenvalue weighted by molar-refractivity contribution is -0.134. The van der Waals surface area contributed by atoms with Crippen LogP contribution in [0.2, 0.25) is 0 Å². The molecule has 3 aromatic rings. The van der Waals surface area contributed by atoms with E-state index in [-0.39, 0.29) is 24.4 Å². The fraction of sp³-hybridized carbons (Fsp3) is 0.273. The van der Waals surface area contributed by atoms with Crippen molar-refractivity contribution in [3.8, 4) is 0 Å². The first-order valence-corrected chi connectivity index (χ1v) is 9.61. The molecule has 8 nitrogen and oxygen atoms in total. The smallest absolute Gasteiger partial charge is 0.339 e. The third-order valence-electron chi connectivity index (χ3n) is 5.06. The molecule has 0 fully saturated rings. The Kier molecular flexibility index (Phi) is 5.58. The number of nitrogens with one attached hydrogen (secondary N) is 1. The first-order chi connectivity index (χ1) is 14.6. The summed E-state index contributed by atoms with van der Waals surface area (Å²) in [5, 5.41) is 0.491. The van der Waals surface area contributed by atoms with Gasteiger partial charge in [0.05, 0.1) is 36.0 Å². The van der Waals surface area contributed by atoms with Gasteiger partial charge in [-0.15, -0.1) is 0 Å². The summed E-state index contributed by atoms with van der Waals surface area (Å²) < 4.78 is 10.5. The first kappa shape index (κ1) is 19.8. The normalized spacial score (nSPS) is 15.1. The van der Waals surface area contributed by atoms with Gasteiger partial charge in [0.2, 0.25) is 5.91 Å². The molecule has 0 saturated heterocycles. The zero-order valence-corrected chi connectivity index (χ0v) is 16.5. The van der Waals surface area contributed by atoms with Crippen LogP contribution in [-0.2, 0) is 20.8 Å². The van der Waals surface area contributed by atoms with Gasteiger partial charge >= 0.3 is 5.97 Å². The number of cyclic esters (lactones) is 1. The van der Waals surface area contributed by atoms with Gasteiger partial charge in [0.25, 0.3) is 5.56 Å². The van der Waals surface area contributed by atoms with Crippen molar-refractivity contribution in [1.29, 1.82) is 0 Å². The average Bonchev–Trinajstić information content (AvgIpc) is 3.06. The number of fused-ring (bicyclic) bond motifs is 2. The molecule has 1 aliphatic rings. The molecule has 30 heavy (non-hydrogen) atoms. The molecule has 1 aliphatic heterocycles. The van der Waals surface area contributed by atoms with Crippen LogP contribution in [-0.4, -0.2) is 47.0 Å². The molecule has 8 heteroatoms. The lowest BCUT2D eigenvalue weighted by Gasteiger charge is -2.23. The topological polar surface area (TPSA) is 102 Å². The lowest BCUT2D eigenvalue weighted by Crippen LogP contribution is -2.35. The minimum atomic E-state index is -0.630. The number of benzene rings is 2. The lowest BCUT2D eigenvalue weighted by atomic mass is 10.0. The van der Waals surface area contributed by atoms with E-state index < -0.39 is 12.1 Å². The second-order valence-electron chi connectivity index (χ2n) is 7.02. The zero-order valence-electron chi connectivity index (χ0n) is 16.5. The number of aromatic amines is 1. The number of aromatic nitrogens is 2. The van der Waals surface area contributed by atoms with E-state index in [0.717, 1.165) is 0 Å². The Bertz CT molecular complexity index is 1160. The second-order valence-corrected chi connectivity index (χ2v) is 7.02. The Morgan fingerprint density at radius 2 is 1.93 bits per heavy atom. The van der Waals surface area contributed by atoms with Crippen LogP contribution in [0.4, 0.5) is 0 Å². The molecule has 4 rings (SSSR count). The summed E-state index contributed by atoms with van der Waals surface area (Å²) in [7, 11) is 1.55. The van der Waals surface area contributed by atoms with Gasteiger partial charge in [-0.05, 0) is 18.2 Å². The summed E-state index contributed by atoms with van der Waals surface area (Å²) in [5.41, 5.74) is 1.50. The van der Waals surface area contributed by atoms with E-state index in [1.165, 1.54) is 0 Å². The van der Waals surface area contributed by atoms with E-state index in [1.807, 2.05) is 6.07 Å². The predicted octanol–water partition coefficient (Wildman–Crippen LogP) is 2.20. The summed E-state index contributed by atoms with van der Waals surface area (Å²) in [6.45, 7) is 0.753. The fourth-order valence-electron chi connectivity index (χ4n) is 3.54. The Labute approximate surface area is 172 Å². The van der Waals surface area contributed by atoms with Crippen LogP contribution in [0.15, 0.2) is 53.3 Å². The largest absolute Gasteiger partial charge is 0.453 e. The maximum absolute atomic E-state index is 13.0. The van der Waals surface area contributed by atoms with Crippen LogP contribution >= 0.6 is 0 Å². The quantitative estimate of drug-likeness (QED) is 0.603. The van der Waals surface area contributed by atoms with Gasteiger partial charge < -0.3 is 19.4 Å². The van der Waals surface area contributed by atoms with Gasteiger partial charge in [0.1, 0.15) is 11.9 Å². The minimum Gasteiger partial charge on any atom is -0.453 e. The number of para-hydroxylation sites is 1. The van der Waals surface area contributed by atoms with Crippen LogP contribution in [0, 0.1) is 0 Å². The number of ether oxygens (including phenoxy) is 2. The van der Waals surface area contributed by atoms with Gasteiger partial charge in [0, 0.05) is 19.2 Å². The van der Waals surface area contributed by atoms with Crippen molar-refractivity contribution < 1.29 is 19.1 Å². The Balaban J connectivity index is 1.55. The van der Waals surface area contributed by atoms with Crippen LogP contribution in [0.3, 0.4) is 0 Å². The Hall–Kier alpha value is -3.52. The third-order valence-corrected chi connectivity index (χ3v) is 5.06. The van der Waals surface area contributed by atoms with Gasteiger partial charge in [-0.1, -0.05) is 30.3 Å². The van der Waals surface area contributed by atoms with Crippen molar-refractivity contribution in [3.05, 3.63) is 75.8 Å². The molecule has 1 atom stereocenters. The highest BCUT2D eigenvalue weighted by atomic mass is 16.5. The molecule has 0 spiro atoms. The fourth-order valence-corrected chi connectivity index (χ4v) is 3.54. The number of rotatable bonds is 7. The molecule has 0 bridgehead atoms. The molecular weight excluding hydrogens is 386 g/mol. The van der Waals surface area contributed by atoms with Crippen molar-refractivity contribution in [3.63, 3.8) is 0 Å². The number of H-pyrrole nitrogens is 1. The highest BCUT2D eigenvalue weighted by Crippen LogP contribution is 2.33. The maximum Gasteiger partial charge on any atom is 0.339 e. The first-order valence-electron chi connectivity index (χ1n) is 9.61. The number of esters is 1. The highest BCUT2D eigenvalue weighted by Gasteiger charge is 2.33. The molecule has 0 unspecified atom stereocenters. The van der Waals surface area contributed by atoms with E-state index in [0.29, 0.717) is 41.0 Å². The molecule has 1 N–H and O–H groups in total. The monoisotopic (exact) mass is 407 g/mol. The van der Waals surface area contributed by atoms with Crippen LogP contribution in [0.1, 0.15) is 34.3 Å². The van der Waals surface area contributed by atoms with Crippen LogP contribution < -0.4 is 5.56 Å². The van der Waals surface area contributed by atoms with E-state index in [1.54, 1.807) is 54.5 Å². The van der Waals surface area contributed by atoms with E-state index >= 15 is 0 Å². The Morgan fingerprint density at radius 1 is 1.17 bits per heavy atom. The van der Waals surface area contributed by atoms with Crippen LogP contribution in [0.25, 0.3) is 10.9 Å². The SMILES string of the molecule is COCCN(Cc1nc2ccccc2c(=O)[nH]1)C(=O)C[C@@H]1OC(=O)c2ccccc21. The predicted molar refractivity (Wildman–Crippen MR) is 109 cm³/mol. The van der Waals surface area contributed by atoms with Crippen molar-refractivity contribution in [2.24, 2.45) is 0 Å². The van der Waals surface area contributed by atoms with Crippen LogP contribution in [0.5, 0.6) is 0 Å². The number of nitrogens with zero attached hydrogens (tertiary/aromatic N) is 2. The summed E-state index contributed by atoms with van der Waals surface area (Å²) in [6, 6.07) is 14.1. The number of hydrogen-bond acceptors (Lipinski definition) is 6. The summed E-state index contributed by atoms with van der Waals surface area (Å²) in [6.07, 6.45) is -0.626. The average molecular weight is 407 g/mol. The second kappa shape index (κ2) is 8.46. The Morgan fingerprint density at radius 3 is 2.77 bits per heavy atom. The van der Waals surface area contributed by atoms with E-state index in [2.05, 4.69) is 9.97 Å². The van der Waals surface area contributed by atoms with Crippen molar-refractivity contribution >= 4 is 22.8 Å². The molecule has 1 amide bonds. The number of carbonyl (C=O) groups is 2. The molecule has 1 aromatic heterocycles. The third kappa shape index (κ3) is 3.95. The zero-order chi connectivity index (χ0) is 21.1. The number of amides is 1. The molecule has 2 aromatic carbocycles. The molecule has 2 heterocycles. The van der Waals surface area contributed by atoms with E-state index in [4.69, 9.17) is 9.47 Å². The van der Waals surface area contributed by atoms with E-state index in [9.17, 15) is 14.4 Å². The highest BCUT2D eigenvalue weighted by molar-refractivity contribution is 5.94.